The fourth-order valence-electron chi connectivity index (χ4n) is 2.49. The van der Waals surface area contributed by atoms with E-state index in [1.54, 1.807) is 0 Å². The first-order chi connectivity index (χ1) is 10.1. The van der Waals surface area contributed by atoms with Crippen molar-refractivity contribution < 1.29 is 0 Å². The third-order valence-corrected chi connectivity index (χ3v) is 4.45. The predicted octanol–water partition coefficient (Wildman–Crippen LogP) is 5.11. The minimum Gasteiger partial charge on any atom is -0.398 e. The summed E-state index contributed by atoms with van der Waals surface area (Å²) in [7, 11) is 0. The molecule has 0 aliphatic rings. The zero-order chi connectivity index (χ0) is 15.0. The maximum Gasteiger partial charge on any atom is 0.141 e. The molecule has 0 atom stereocenters. The van der Waals surface area contributed by atoms with Crippen LogP contribution in [0, 0.1) is 0 Å². The summed E-state index contributed by atoms with van der Waals surface area (Å²) in [6.07, 6.45) is 1.01. The summed E-state index contributed by atoms with van der Waals surface area (Å²) >= 11 is 9.79. The number of nitrogen functional groups attached to an aromatic ring is 1. The lowest BCUT2D eigenvalue weighted by atomic mass is 10.2. The molecule has 0 aliphatic carbocycles. The third kappa shape index (κ3) is 2.54. The molecule has 0 radical (unpaired) electrons. The van der Waals surface area contributed by atoms with Crippen molar-refractivity contribution in [2.45, 2.75) is 19.9 Å². The van der Waals surface area contributed by atoms with E-state index in [-0.39, 0.29) is 0 Å². The molecule has 0 unspecified atom stereocenters. The second-order valence-corrected chi connectivity index (χ2v) is 6.19. The van der Waals surface area contributed by atoms with Crippen molar-refractivity contribution >= 4 is 44.3 Å². The molecule has 0 spiro atoms. The number of para-hydroxylation sites is 1. The molecule has 0 bridgehead atoms. The Labute approximate surface area is 136 Å². The molecule has 2 N–H and O–H groups in total. The number of imidazole rings is 1. The Bertz CT molecular complexity index is 811. The molecule has 0 fully saturated rings. The van der Waals surface area contributed by atoms with Crippen LogP contribution in [0.1, 0.15) is 13.3 Å². The predicted molar refractivity (Wildman–Crippen MR) is 92.6 cm³/mol. The van der Waals surface area contributed by atoms with Crippen molar-refractivity contribution in [3.63, 3.8) is 0 Å². The van der Waals surface area contributed by atoms with Gasteiger partial charge in [-0.15, -0.1) is 0 Å². The highest BCUT2D eigenvalue weighted by Gasteiger charge is 2.15. The largest absolute Gasteiger partial charge is 0.398 e. The van der Waals surface area contributed by atoms with Gasteiger partial charge in [0.25, 0.3) is 0 Å². The number of hydrogen-bond donors (Lipinski definition) is 1. The van der Waals surface area contributed by atoms with Crippen LogP contribution in [0.5, 0.6) is 0 Å². The molecule has 0 saturated carbocycles. The summed E-state index contributed by atoms with van der Waals surface area (Å²) in [5.41, 5.74) is 9.59. The molecule has 2 aromatic carbocycles. The summed E-state index contributed by atoms with van der Waals surface area (Å²) in [4.78, 5) is 4.74. The number of benzene rings is 2. The van der Waals surface area contributed by atoms with Gasteiger partial charge in [0.1, 0.15) is 5.82 Å². The molecule has 3 aromatic rings. The van der Waals surface area contributed by atoms with Gasteiger partial charge in [0.2, 0.25) is 0 Å². The van der Waals surface area contributed by atoms with Gasteiger partial charge < -0.3 is 10.3 Å². The van der Waals surface area contributed by atoms with Gasteiger partial charge in [-0.05, 0) is 52.7 Å². The van der Waals surface area contributed by atoms with E-state index in [9.17, 15) is 0 Å². The van der Waals surface area contributed by atoms with Crippen molar-refractivity contribution in [3.05, 3.63) is 45.9 Å². The first-order valence-electron chi connectivity index (χ1n) is 6.82. The fourth-order valence-corrected chi connectivity index (χ4v) is 3.00. The van der Waals surface area contributed by atoms with Crippen molar-refractivity contribution in [2.24, 2.45) is 0 Å². The van der Waals surface area contributed by atoms with Crippen LogP contribution < -0.4 is 5.73 Å². The Morgan fingerprint density at radius 2 is 2.10 bits per heavy atom. The van der Waals surface area contributed by atoms with E-state index in [4.69, 9.17) is 22.3 Å². The lowest BCUT2D eigenvalue weighted by molar-refractivity contribution is 0.704. The SMILES string of the molecule is CCCn1c(-c2ccc(Br)c(N)c2)nc2cccc(Cl)c21. The van der Waals surface area contributed by atoms with Crippen LogP contribution in [-0.2, 0) is 6.54 Å². The lowest BCUT2D eigenvalue weighted by Gasteiger charge is -2.09. The van der Waals surface area contributed by atoms with Gasteiger partial charge in [0.15, 0.2) is 0 Å². The first-order valence-corrected chi connectivity index (χ1v) is 7.99. The quantitative estimate of drug-likeness (QED) is 0.656. The van der Waals surface area contributed by atoms with E-state index in [1.165, 1.54) is 0 Å². The highest BCUT2D eigenvalue weighted by atomic mass is 79.9. The molecule has 108 valence electrons. The summed E-state index contributed by atoms with van der Waals surface area (Å²) < 4.78 is 3.06. The minimum atomic E-state index is 0.703. The number of nitrogens with zero attached hydrogens (tertiary/aromatic N) is 2. The fraction of sp³-hybridized carbons (Fsp3) is 0.188. The molecular formula is C16H15BrClN3. The van der Waals surface area contributed by atoms with Gasteiger partial charge in [-0.25, -0.2) is 4.98 Å². The third-order valence-electron chi connectivity index (χ3n) is 3.42. The summed E-state index contributed by atoms with van der Waals surface area (Å²) in [6.45, 7) is 3.01. The Hall–Kier alpha value is -1.52. The van der Waals surface area contributed by atoms with E-state index in [2.05, 4.69) is 27.4 Å². The van der Waals surface area contributed by atoms with Gasteiger partial charge in [-0.1, -0.05) is 24.6 Å². The van der Waals surface area contributed by atoms with E-state index >= 15 is 0 Å². The van der Waals surface area contributed by atoms with E-state index in [0.717, 1.165) is 44.9 Å². The number of hydrogen-bond acceptors (Lipinski definition) is 2. The molecule has 21 heavy (non-hydrogen) atoms. The summed E-state index contributed by atoms with van der Waals surface area (Å²) in [6, 6.07) is 11.7. The average molecular weight is 365 g/mol. The normalized spacial score (nSPS) is 11.2. The molecule has 5 heteroatoms. The van der Waals surface area contributed by atoms with Gasteiger partial charge in [-0.2, -0.15) is 0 Å². The summed E-state index contributed by atoms with van der Waals surface area (Å²) in [5.74, 6) is 0.902. The van der Waals surface area contributed by atoms with Crippen LogP contribution in [0.3, 0.4) is 0 Å². The van der Waals surface area contributed by atoms with Crippen LogP contribution >= 0.6 is 27.5 Å². The molecule has 1 aromatic heterocycles. The number of anilines is 1. The molecular weight excluding hydrogens is 350 g/mol. The number of nitrogens with two attached hydrogens (primary N) is 1. The summed E-state index contributed by atoms with van der Waals surface area (Å²) in [5, 5.41) is 0.727. The first kappa shape index (κ1) is 14.4. The van der Waals surface area contributed by atoms with E-state index in [1.807, 2.05) is 36.4 Å². The van der Waals surface area contributed by atoms with Crippen molar-refractivity contribution in [3.8, 4) is 11.4 Å². The van der Waals surface area contributed by atoms with Crippen molar-refractivity contribution in [1.29, 1.82) is 0 Å². The van der Waals surface area contributed by atoms with Gasteiger partial charge >= 0.3 is 0 Å². The Balaban J connectivity index is 2.28. The molecule has 1 heterocycles. The van der Waals surface area contributed by atoms with Crippen molar-refractivity contribution in [2.75, 3.05) is 5.73 Å². The standard InChI is InChI=1S/C16H15BrClN3/c1-2-8-21-15-12(18)4-3-5-14(15)20-16(21)10-6-7-11(17)13(19)9-10/h3-7,9H,2,8,19H2,1H3. The Kier molecular flexibility index (Phi) is 3.91. The zero-order valence-electron chi connectivity index (χ0n) is 11.6. The van der Waals surface area contributed by atoms with Gasteiger partial charge in [-0.3, -0.25) is 0 Å². The molecule has 0 saturated heterocycles. The van der Waals surface area contributed by atoms with E-state index in [0.29, 0.717) is 5.69 Å². The smallest absolute Gasteiger partial charge is 0.141 e. The second-order valence-electron chi connectivity index (χ2n) is 4.93. The second kappa shape index (κ2) is 5.70. The van der Waals surface area contributed by atoms with Crippen molar-refractivity contribution in [1.82, 2.24) is 9.55 Å². The van der Waals surface area contributed by atoms with E-state index < -0.39 is 0 Å². The van der Waals surface area contributed by atoms with Crippen LogP contribution in [0.2, 0.25) is 5.02 Å². The Morgan fingerprint density at radius 3 is 2.81 bits per heavy atom. The minimum absolute atomic E-state index is 0.703. The van der Waals surface area contributed by atoms with Gasteiger partial charge in [0, 0.05) is 22.3 Å². The van der Waals surface area contributed by atoms with Crippen LogP contribution in [-0.4, -0.2) is 9.55 Å². The Morgan fingerprint density at radius 1 is 1.29 bits per heavy atom. The number of fused-ring (bicyclic) bond motifs is 1. The molecule has 3 rings (SSSR count). The van der Waals surface area contributed by atoms with Crippen LogP contribution in [0.15, 0.2) is 40.9 Å². The number of aryl methyl sites for hydroxylation is 1. The molecule has 0 aliphatic heterocycles. The highest BCUT2D eigenvalue weighted by molar-refractivity contribution is 9.10. The number of rotatable bonds is 3. The van der Waals surface area contributed by atoms with Gasteiger partial charge in [0.05, 0.1) is 16.1 Å². The maximum absolute atomic E-state index is 6.36. The topological polar surface area (TPSA) is 43.8 Å². The zero-order valence-corrected chi connectivity index (χ0v) is 13.9. The molecule has 3 nitrogen and oxygen atoms in total. The van der Waals surface area contributed by atoms with Crippen LogP contribution in [0.25, 0.3) is 22.4 Å². The average Bonchev–Trinajstić information content (AvgIpc) is 2.83. The lowest BCUT2D eigenvalue weighted by Crippen LogP contribution is -2.00. The van der Waals surface area contributed by atoms with Crippen LogP contribution in [0.4, 0.5) is 5.69 Å². The number of halogens is 2. The maximum atomic E-state index is 6.36. The molecule has 0 amide bonds. The number of aromatic nitrogens is 2. The monoisotopic (exact) mass is 363 g/mol. The highest BCUT2D eigenvalue weighted by Crippen LogP contribution is 2.32.